The average molecular weight is 455 g/mol. The second kappa shape index (κ2) is 7.42. The molecule has 0 fully saturated rings. The quantitative estimate of drug-likeness (QED) is 0.520. The van der Waals surface area contributed by atoms with Gasteiger partial charge in [0.25, 0.3) is 0 Å². The van der Waals surface area contributed by atoms with Gasteiger partial charge in [0.1, 0.15) is 9.80 Å². The van der Waals surface area contributed by atoms with E-state index in [4.69, 9.17) is 16.3 Å². The lowest BCUT2D eigenvalue weighted by molar-refractivity contribution is 0.0281. The van der Waals surface area contributed by atoms with Crippen molar-refractivity contribution in [2.24, 2.45) is 5.41 Å². The van der Waals surface area contributed by atoms with Crippen molar-refractivity contribution in [2.45, 2.75) is 59.6 Å². The van der Waals surface area contributed by atoms with Gasteiger partial charge in [-0.05, 0) is 60.4 Å². The Kier molecular flexibility index (Phi) is 6.55. The molecule has 0 radical (unpaired) electrons. The lowest BCUT2D eigenvalue weighted by Gasteiger charge is -2.32. The zero-order valence-corrected chi connectivity index (χ0v) is 17.2. The molecule has 1 heterocycles. The summed E-state index contributed by atoms with van der Waals surface area (Å²) in [7, 11) is 0. The van der Waals surface area contributed by atoms with Gasteiger partial charge >= 0.3 is 6.09 Å². The Labute approximate surface area is 156 Å². The second-order valence-corrected chi connectivity index (χ2v) is 8.97. The molecule has 0 bridgehead atoms. The Hall–Kier alpha value is -0.760. The van der Waals surface area contributed by atoms with Crippen LogP contribution in [0.4, 0.5) is 4.79 Å². The number of nitrogens with zero attached hydrogens (tertiary/aromatic N) is 1. The molecule has 23 heavy (non-hydrogen) atoms. The van der Waals surface area contributed by atoms with Gasteiger partial charge in [0.05, 0.1) is 0 Å². The Morgan fingerprint density at radius 1 is 1.39 bits per heavy atom. The van der Waals surface area contributed by atoms with Crippen molar-refractivity contribution in [3.05, 3.63) is 20.5 Å². The van der Waals surface area contributed by atoms with E-state index in [-0.39, 0.29) is 28.0 Å². The molecule has 1 aromatic rings. The van der Waals surface area contributed by atoms with Gasteiger partial charge in [-0.3, -0.25) is 0 Å². The molecule has 0 aromatic carbocycles. The maximum Gasteiger partial charge on any atom is 0.407 e. The molecule has 2 N–H and O–H groups in total. The van der Waals surface area contributed by atoms with E-state index in [0.717, 1.165) is 5.56 Å². The summed E-state index contributed by atoms with van der Waals surface area (Å²) in [6.07, 6.45) is -0.392. The van der Waals surface area contributed by atoms with E-state index in [2.05, 4.69) is 32.9 Å². The summed E-state index contributed by atoms with van der Waals surface area (Å²) in [6.45, 7) is 11.7. The summed E-state index contributed by atoms with van der Waals surface area (Å²) < 4.78 is 6.30. The highest BCUT2D eigenvalue weighted by Gasteiger charge is 2.30. The smallest absolute Gasteiger partial charge is 0.407 e. The zero-order chi connectivity index (χ0) is 18.0. The summed E-state index contributed by atoms with van der Waals surface area (Å²) in [4.78, 5) is 16.2. The van der Waals surface area contributed by atoms with Crippen LogP contribution < -0.4 is 5.32 Å². The fourth-order valence-corrected chi connectivity index (χ4v) is 2.73. The molecule has 0 unspecified atom stereocenters. The van der Waals surface area contributed by atoms with Gasteiger partial charge < -0.3 is 15.2 Å². The average Bonchev–Trinajstić information content (AvgIpc) is 2.31. The third-order valence-electron chi connectivity index (χ3n) is 3.08. The van der Waals surface area contributed by atoms with Gasteiger partial charge in [0, 0.05) is 12.0 Å². The van der Waals surface area contributed by atoms with E-state index in [9.17, 15) is 9.90 Å². The predicted octanol–water partition coefficient (Wildman–Crippen LogP) is 4.53. The number of alkyl carbamates (subject to hydrolysis) is 1. The summed E-state index contributed by atoms with van der Waals surface area (Å²) in [5.41, 5.74) is 0.151. The minimum Gasteiger partial charge on any atom is -0.505 e. The van der Waals surface area contributed by atoms with Crippen LogP contribution in [-0.4, -0.2) is 27.8 Å². The molecule has 0 aliphatic rings. The fraction of sp³-hybridized carbons (Fsp3) is 0.625. The molecule has 0 aliphatic carbocycles. The number of aromatic nitrogens is 1. The minimum atomic E-state index is -0.460. The van der Waals surface area contributed by atoms with E-state index in [1.54, 1.807) is 6.07 Å². The molecule has 0 aliphatic heterocycles. The number of amides is 1. The van der Waals surface area contributed by atoms with E-state index in [1.165, 1.54) is 0 Å². The monoisotopic (exact) mass is 454 g/mol. The predicted molar refractivity (Wildman–Crippen MR) is 99.9 cm³/mol. The first-order chi connectivity index (χ1) is 10.3. The third-order valence-corrected chi connectivity index (χ3v) is 4.29. The summed E-state index contributed by atoms with van der Waals surface area (Å²) in [5.74, 6) is -0.0751. The Morgan fingerprint density at radius 3 is 2.43 bits per heavy atom. The van der Waals surface area contributed by atoms with Crippen LogP contribution >= 0.6 is 34.2 Å². The largest absolute Gasteiger partial charge is 0.505 e. The maximum atomic E-state index is 12.1. The van der Waals surface area contributed by atoms with Crippen molar-refractivity contribution in [2.75, 3.05) is 0 Å². The topological polar surface area (TPSA) is 71.5 Å². The van der Waals surface area contributed by atoms with Crippen LogP contribution in [0.2, 0.25) is 5.15 Å². The molecule has 1 amide bonds. The molecule has 5 nitrogen and oxygen atoms in total. The van der Waals surface area contributed by atoms with Gasteiger partial charge in [0.15, 0.2) is 10.9 Å². The van der Waals surface area contributed by atoms with Crippen LogP contribution in [0, 0.1) is 9.12 Å². The molecule has 1 rings (SSSR count). The zero-order valence-electron chi connectivity index (χ0n) is 14.3. The first-order valence-corrected chi connectivity index (χ1v) is 8.78. The third kappa shape index (κ3) is 6.71. The van der Waals surface area contributed by atoms with Gasteiger partial charge in [-0.15, -0.1) is 0 Å². The van der Waals surface area contributed by atoms with Gasteiger partial charge in [-0.25, -0.2) is 9.78 Å². The summed E-state index contributed by atoms with van der Waals surface area (Å²) >= 11 is 7.87. The molecule has 7 heteroatoms. The first kappa shape index (κ1) is 20.3. The highest BCUT2D eigenvalue weighted by atomic mass is 127. The number of carbonyl (C=O) groups is 1. The number of aromatic hydroxyl groups is 1. The normalized spacial score (nSPS) is 13.6. The van der Waals surface area contributed by atoms with Crippen molar-refractivity contribution < 1.29 is 14.6 Å². The van der Waals surface area contributed by atoms with Crippen LogP contribution in [0.3, 0.4) is 0 Å². The lowest BCUT2D eigenvalue weighted by Crippen LogP contribution is -2.44. The highest BCUT2D eigenvalue weighted by molar-refractivity contribution is 14.1. The van der Waals surface area contributed by atoms with Gasteiger partial charge in [-0.1, -0.05) is 32.4 Å². The van der Waals surface area contributed by atoms with Crippen molar-refractivity contribution in [1.82, 2.24) is 10.3 Å². The van der Waals surface area contributed by atoms with E-state index in [1.807, 2.05) is 41.5 Å². The van der Waals surface area contributed by atoms with Crippen LogP contribution in [0.15, 0.2) is 6.07 Å². The number of rotatable bonds is 3. The van der Waals surface area contributed by atoms with Crippen molar-refractivity contribution in [3.8, 4) is 5.75 Å². The Balaban J connectivity index is 2.97. The number of halogens is 2. The van der Waals surface area contributed by atoms with Crippen molar-refractivity contribution >= 4 is 40.3 Å². The second-order valence-electron chi connectivity index (χ2n) is 7.59. The number of ether oxygens (including phenoxy) is 1. The lowest BCUT2D eigenvalue weighted by atomic mass is 9.85. The SMILES string of the molecule is CC(C)(C)NC(=O)O[C@@H](Cc1cc(O)c(Cl)nc1I)C(C)(C)C. The van der Waals surface area contributed by atoms with Crippen LogP contribution in [0.25, 0.3) is 0 Å². The van der Waals surface area contributed by atoms with E-state index in [0.29, 0.717) is 10.1 Å². The van der Waals surface area contributed by atoms with Crippen molar-refractivity contribution in [3.63, 3.8) is 0 Å². The molecule has 1 aromatic heterocycles. The molecule has 0 saturated carbocycles. The van der Waals surface area contributed by atoms with Crippen LogP contribution in [0.5, 0.6) is 5.75 Å². The molecule has 0 spiro atoms. The Bertz CT molecular complexity index is 580. The molecular weight excluding hydrogens is 431 g/mol. The van der Waals surface area contributed by atoms with Gasteiger partial charge in [-0.2, -0.15) is 0 Å². The highest BCUT2D eigenvalue weighted by Crippen LogP contribution is 2.30. The van der Waals surface area contributed by atoms with E-state index < -0.39 is 6.09 Å². The number of hydrogen-bond acceptors (Lipinski definition) is 4. The van der Waals surface area contributed by atoms with Crippen LogP contribution in [0.1, 0.15) is 47.1 Å². The number of nitrogens with one attached hydrogen (secondary N) is 1. The van der Waals surface area contributed by atoms with Crippen molar-refractivity contribution in [1.29, 1.82) is 0 Å². The standard InChI is InChI=1S/C16H24ClIN2O3/c1-15(2,3)11(23-14(22)20-16(4,5)6)8-9-7-10(21)12(17)19-13(9)18/h7,11,21H,8H2,1-6H3,(H,20,22)/t11-/m0/s1. The molecular formula is C16H24ClIN2O3. The maximum absolute atomic E-state index is 12.1. The number of carbonyl (C=O) groups excluding carboxylic acids is 1. The summed E-state index contributed by atoms with van der Waals surface area (Å²) in [6, 6.07) is 1.57. The minimum absolute atomic E-state index is 0.0665. The summed E-state index contributed by atoms with van der Waals surface area (Å²) in [5, 5.41) is 12.6. The van der Waals surface area contributed by atoms with Crippen LogP contribution in [-0.2, 0) is 11.2 Å². The Morgan fingerprint density at radius 2 is 1.96 bits per heavy atom. The van der Waals surface area contributed by atoms with Gasteiger partial charge in [0.2, 0.25) is 0 Å². The van der Waals surface area contributed by atoms with E-state index >= 15 is 0 Å². The number of hydrogen-bond donors (Lipinski definition) is 2. The molecule has 1 atom stereocenters. The fourth-order valence-electron chi connectivity index (χ4n) is 1.83. The molecule has 0 saturated heterocycles. The number of pyridine rings is 1. The first-order valence-electron chi connectivity index (χ1n) is 7.32. The molecule has 130 valence electrons.